The number of carbonyl (C=O) groups is 2. The molecule has 0 saturated carbocycles. The van der Waals surface area contributed by atoms with Crippen molar-refractivity contribution in [3.63, 3.8) is 0 Å². The van der Waals surface area contributed by atoms with Crippen LogP contribution in [0.2, 0.25) is 5.28 Å². The second-order valence-corrected chi connectivity index (χ2v) is 4.94. The Morgan fingerprint density at radius 2 is 2.29 bits per heavy atom. The Kier molecular flexibility index (Phi) is 3.77. The molecule has 112 valence electrons. The van der Waals surface area contributed by atoms with Crippen LogP contribution in [0.1, 0.15) is 19.8 Å². The van der Waals surface area contributed by atoms with Crippen LogP contribution in [0.15, 0.2) is 6.20 Å². The third kappa shape index (κ3) is 2.40. The summed E-state index contributed by atoms with van der Waals surface area (Å²) < 4.78 is 4.69. The molecule has 0 spiro atoms. The van der Waals surface area contributed by atoms with E-state index in [1.54, 1.807) is 0 Å². The van der Waals surface area contributed by atoms with Gasteiger partial charge >= 0.3 is 11.7 Å². The molecule has 2 rings (SSSR count). The normalized spacial score (nSPS) is 21.5. The van der Waals surface area contributed by atoms with Crippen LogP contribution in [0.5, 0.6) is 0 Å². The van der Waals surface area contributed by atoms with E-state index in [-0.39, 0.29) is 23.9 Å². The van der Waals surface area contributed by atoms with E-state index >= 15 is 0 Å². The second kappa shape index (κ2) is 5.24. The summed E-state index contributed by atoms with van der Waals surface area (Å²) in [5.74, 6) is -1.46. The molecule has 21 heavy (non-hydrogen) atoms. The smallest absolute Gasteiger partial charge is 0.331 e. The van der Waals surface area contributed by atoms with Gasteiger partial charge in [0.1, 0.15) is 11.7 Å². The van der Waals surface area contributed by atoms with Gasteiger partial charge in [0.2, 0.25) is 17.0 Å². The van der Waals surface area contributed by atoms with Gasteiger partial charge in [0.15, 0.2) is 0 Å². The Morgan fingerprint density at radius 1 is 1.62 bits per heavy atom. The van der Waals surface area contributed by atoms with E-state index in [2.05, 4.69) is 14.7 Å². The van der Waals surface area contributed by atoms with E-state index < -0.39 is 28.0 Å². The van der Waals surface area contributed by atoms with Crippen LogP contribution in [0.25, 0.3) is 0 Å². The highest BCUT2D eigenvalue weighted by molar-refractivity contribution is 6.28. The molecule has 0 aliphatic carbocycles. The molecular weight excluding hydrogens is 304 g/mol. The Bertz CT molecular complexity index is 637. The monoisotopic (exact) mass is 314 g/mol. The second-order valence-electron chi connectivity index (χ2n) is 4.60. The first-order chi connectivity index (χ1) is 9.81. The quantitative estimate of drug-likeness (QED) is 0.355. The number of methoxy groups -OCH3 is 1. The van der Waals surface area contributed by atoms with Crippen LogP contribution in [0.4, 0.5) is 11.5 Å². The molecule has 2 heterocycles. The minimum atomic E-state index is -1.37. The Balaban J connectivity index is 2.62. The lowest BCUT2D eigenvalue weighted by atomic mass is 9.99. The maximum absolute atomic E-state index is 12.1. The van der Waals surface area contributed by atoms with E-state index in [1.807, 2.05) is 0 Å². The molecule has 1 atom stereocenters. The molecule has 1 aliphatic rings. The molecule has 0 unspecified atom stereocenters. The number of halogens is 1. The van der Waals surface area contributed by atoms with Crippen LogP contribution in [-0.4, -0.2) is 39.4 Å². The third-order valence-electron chi connectivity index (χ3n) is 3.32. The highest BCUT2D eigenvalue weighted by Gasteiger charge is 2.51. The maximum Gasteiger partial charge on any atom is 0.331 e. The van der Waals surface area contributed by atoms with Crippen molar-refractivity contribution in [2.24, 2.45) is 0 Å². The molecule has 0 aromatic carbocycles. The summed E-state index contributed by atoms with van der Waals surface area (Å²) in [6, 6.07) is 0. The zero-order valence-corrected chi connectivity index (χ0v) is 12.0. The molecule has 0 bridgehead atoms. The lowest BCUT2D eigenvalue weighted by Gasteiger charge is -2.31. The highest BCUT2D eigenvalue weighted by atomic mass is 35.5. The summed E-state index contributed by atoms with van der Waals surface area (Å²) in [6.07, 6.45) is 1.11. The average Bonchev–Trinajstić information content (AvgIpc) is 2.74. The Hall–Kier alpha value is -2.29. The molecule has 10 heteroatoms. The maximum atomic E-state index is 12.1. The number of esters is 1. The number of rotatable bonds is 3. The zero-order valence-electron chi connectivity index (χ0n) is 11.2. The van der Waals surface area contributed by atoms with Crippen LogP contribution >= 0.6 is 11.6 Å². The van der Waals surface area contributed by atoms with Crippen LogP contribution in [0.3, 0.4) is 0 Å². The summed E-state index contributed by atoms with van der Waals surface area (Å²) >= 11 is 5.66. The summed E-state index contributed by atoms with van der Waals surface area (Å²) in [5, 5.41) is 10.8. The summed E-state index contributed by atoms with van der Waals surface area (Å²) in [6.45, 7) is 1.46. The number of hydrogen-bond donors (Lipinski definition) is 0. The number of nitrogens with zero attached hydrogens (tertiary/aromatic N) is 4. The van der Waals surface area contributed by atoms with E-state index in [1.165, 1.54) is 14.0 Å². The van der Waals surface area contributed by atoms with Gasteiger partial charge in [-0.1, -0.05) is 0 Å². The number of ether oxygens (including phenoxy) is 1. The zero-order chi connectivity index (χ0) is 15.8. The lowest BCUT2D eigenvalue weighted by molar-refractivity contribution is -0.384. The minimum absolute atomic E-state index is 0.0460. The van der Waals surface area contributed by atoms with Gasteiger partial charge in [-0.3, -0.25) is 19.8 Å². The topological polar surface area (TPSA) is 116 Å². The van der Waals surface area contributed by atoms with Gasteiger partial charge in [-0.2, -0.15) is 4.98 Å². The van der Waals surface area contributed by atoms with Crippen molar-refractivity contribution in [2.75, 3.05) is 12.0 Å². The van der Waals surface area contributed by atoms with Crippen molar-refractivity contribution in [1.29, 1.82) is 0 Å². The first kappa shape index (κ1) is 15.1. The fourth-order valence-corrected chi connectivity index (χ4v) is 2.38. The summed E-state index contributed by atoms with van der Waals surface area (Å²) in [7, 11) is 1.18. The average molecular weight is 315 g/mol. The first-order valence-corrected chi connectivity index (χ1v) is 6.27. The highest BCUT2D eigenvalue weighted by Crippen LogP contribution is 2.39. The van der Waals surface area contributed by atoms with E-state index in [9.17, 15) is 19.7 Å². The molecule has 1 aromatic heterocycles. The molecule has 0 N–H and O–H groups in total. The van der Waals surface area contributed by atoms with Gasteiger partial charge in [-0.15, -0.1) is 0 Å². The van der Waals surface area contributed by atoms with Gasteiger partial charge in [0.25, 0.3) is 0 Å². The largest absolute Gasteiger partial charge is 0.467 e. The van der Waals surface area contributed by atoms with Crippen LogP contribution < -0.4 is 4.90 Å². The van der Waals surface area contributed by atoms with Crippen molar-refractivity contribution in [3.8, 4) is 0 Å². The molecule has 0 radical (unpaired) electrons. The number of hydrogen-bond acceptors (Lipinski definition) is 7. The van der Waals surface area contributed by atoms with Crippen molar-refractivity contribution in [2.45, 2.75) is 25.3 Å². The van der Waals surface area contributed by atoms with Crippen molar-refractivity contribution < 1.29 is 19.2 Å². The Labute approximate surface area is 124 Å². The van der Waals surface area contributed by atoms with Crippen LogP contribution in [-0.2, 0) is 14.3 Å². The molecular formula is C11H11ClN4O5. The molecule has 9 nitrogen and oxygen atoms in total. The fraction of sp³-hybridized carbons (Fsp3) is 0.455. The number of carbonyl (C=O) groups excluding carboxylic acids is 2. The number of amides is 1. The molecule has 1 aromatic rings. The number of nitro groups is 1. The SMILES string of the molecule is COC(=O)[C@]1(C)CCC(=O)N1c1nc(Cl)ncc1[N+](=O)[O-]. The molecule has 1 fully saturated rings. The van der Waals surface area contributed by atoms with Gasteiger partial charge < -0.3 is 4.74 Å². The first-order valence-electron chi connectivity index (χ1n) is 5.89. The summed E-state index contributed by atoms with van der Waals surface area (Å²) in [5.41, 5.74) is -1.88. The fourth-order valence-electron chi connectivity index (χ4n) is 2.25. The molecule has 1 aliphatic heterocycles. The van der Waals surface area contributed by atoms with E-state index in [0.29, 0.717) is 0 Å². The van der Waals surface area contributed by atoms with Gasteiger partial charge in [-0.05, 0) is 24.9 Å². The summed E-state index contributed by atoms with van der Waals surface area (Å²) in [4.78, 5) is 42.6. The minimum Gasteiger partial charge on any atom is -0.467 e. The van der Waals surface area contributed by atoms with E-state index in [0.717, 1.165) is 11.1 Å². The standard InChI is InChI=1S/C11H11ClN4O5/c1-11(9(18)21-2)4-3-7(17)15(11)8-6(16(19)20)5-13-10(12)14-8/h5H,3-4H2,1-2H3/t11-/m0/s1. The number of anilines is 1. The van der Waals surface area contributed by atoms with Crippen molar-refractivity contribution in [3.05, 3.63) is 21.6 Å². The van der Waals surface area contributed by atoms with Crippen molar-refractivity contribution in [1.82, 2.24) is 9.97 Å². The lowest BCUT2D eigenvalue weighted by Crippen LogP contribution is -2.51. The van der Waals surface area contributed by atoms with Gasteiger partial charge in [0.05, 0.1) is 12.0 Å². The molecule has 1 saturated heterocycles. The number of aromatic nitrogens is 2. The predicted octanol–water partition coefficient (Wildman–Crippen LogP) is 1.10. The van der Waals surface area contributed by atoms with Gasteiger partial charge in [-0.25, -0.2) is 9.78 Å². The molecule has 1 amide bonds. The Morgan fingerprint density at radius 3 is 2.86 bits per heavy atom. The third-order valence-corrected chi connectivity index (χ3v) is 3.50. The van der Waals surface area contributed by atoms with E-state index in [4.69, 9.17) is 11.6 Å². The van der Waals surface area contributed by atoms with Crippen molar-refractivity contribution >= 4 is 35.0 Å². The van der Waals surface area contributed by atoms with Gasteiger partial charge in [0, 0.05) is 6.42 Å². The van der Waals surface area contributed by atoms with Crippen LogP contribution in [0, 0.1) is 10.1 Å². The predicted molar refractivity (Wildman–Crippen MR) is 70.8 cm³/mol.